The minimum atomic E-state index is -0.306. The maximum atomic E-state index is 13.4. The summed E-state index contributed by atoms with van der Waals surface area (Å²) in [5.41, 5.74) is 1.73. The Kier molecular flexibility index (Phi) is 5.95. The smallest absolute Gasteiger partial charge is 0.315 e. The van der Waals surface area contributed by atoms with Crippen LogP contribution >= 0.6 is 0 Å². The summed E-state index contributed by atoms with van der Waals surface area (Å²) in [6, 6.07) is 16.4. The second kappa shape index (κ2) is 8.17. The highest BCUT2D eigenvalue weighted by Crippen LogP contribution is 2.06. The molecule has 2 amide bonds. The number of nitrogens with one attached hydrogen (secondary N) is 2. The van der Waals surface area contributed by atoms with Crippen LogP contribution in [0.15, 0.2) is 54.6 Å². The normalized spacial score (nSPS) is 11.7. The Morgan fingerprint density at radius 2 is 1.77 bits per heavy atom. The lowest BCUT2D eigenvalue weighted by molar-refractivity contribution is 0.236. The van der Waals surface area contributed by atoms with Gasteiger partial charge in [-0.2, -0.15) is 0 Å². The molecule has 0 saturated heterocycles. The van der Waals surface area contributed by atoms with E-state index in [0.29, 0.717) is 5.56 Å². The van der Waals surface area contributed by atoms with Crippen LogP contribution in [0.25, 0.3) is 0 Å². The molecule has 116 valence electrons. The van der Waals surface area contributed by atoms with Gasteiger partial charge in [0.15, 0.2) is 0 Å². The lowest BCUT2D eigenvalue weighted by atomic mass is 10.1. The standard InChI is InChI=1S/C18H21FN2O/c1-14(11-12-15-7-3-2-4-8-15)21-18(22)20-13-16-9-5-6-10-17(16)19/h2-10,14H,11-13H2,1H3,(H2,20,21,22)/t14-/m0/s1. The van der Waals surface area contributed by atoms with Crippen molar-refractivity contribution in [3.05, 3.63) is 71.5 Å². The van der Waals surface area contributed by atoms with E-state index in [1.54, 1.807) is 18.2 Å². The number of benzene rings is 2. The van der Waals surface area contributed by atoms with Crippen molar-refractivity contribution in [2.45, 2.75) is 32.4 Å². The highest BCUT2D eigenvalue weighted by molar-refractivity contribution is 5.74. The molecule has 4 heteroatoms. The van der Waals surface area contributed by atoms with Crippen LogP contribution in [0.1, 0.15) is 24.5 Å². The van der Waals surface area contributed by atoms with Crippen molar-refractivity contribution in [1.82, 2.24) is 10.6 Å². The van der Waals surface area contributed by atoms with E-state index in [1.165, 1.54) is 11.6 Å². The average molecular weight is 300 g/mol. The molecule has 0 aliphatic rings. The quantitative estimate of drug-likeness (QED) is 0.840. The molecule has 0 spiro atoms. The fourth-order valence-corrected chi connectivity index (χ4v) is 2.19. The first-order valence-electron chi connectivity index (χ1n) is 7.47. The van der Waals surface area contributed by atoms with Crippen molar-refractivity contribution in [1.29, 1.82) is 0 Å². The van der Waals surface area contributed by atoms with E-state index in [-0.39, 0.29) is 24.4 Å². The molecular weight excluding hydrogens is 279 g/mol. The highest BCUT2D eigenvalue weighted by Gasteiger charge is 2.08. The molecule has 0 aromatic heterocycles. The molecule has 2 aromatic carbocycles. The summed E-state index contributed by atoms with van der Waals surface area (Å²) in [5, 5.41) is 5.55. The number of rotatable bonds is 6. The lowest BCUT2D eigenvalue weighted by Gasteiger charge is -2.15. The molecule has 1 atom stereocenters. The Bertz CT molecular complexity index is 601. The van der Waals surface area contributed by atoms with Gasteiger partial charge in [-0.15, -0.1) is 0 Å². The van der Waals surface area contributed by atoms with Crippen molar-refractivity contribution in [2.75, 3.05) is 0 Å². The first-order valence-corrected chi connectivity index (χ1v) is 7.47. The van der Waals surface area contributed by atoms with Crippen LogP contribution in [0.3, 0.4) is 0 Å². The van der Waals surface area contributed by atoms with Gasteiger partial charge in [0, 0.05) is 18.2 Å². The third-order valence-electron chi connectivity index (χ3n) is 3.48. The zero-order valence-corrected chi connectivity index (χ0v) is 12.7. The van der Waals surface area contributed by atoms with Crippen LogP contribution in [0.5, 0.6) is 0 Å². The van der Waals surface area contributed by atoms with Crippen LogP contribution in [-0.4, -0.2) is 12.1 Å². The number of hydrogen-bond donors (Lipinski definition) is 2. The molecular formula is C18H21FN2O. The Morgan fingerprint density at radius 3 is 2.50 bits per heavy atom. The summed E-state index contributed by atoms with van der Waals surface area (Å²) in [6.45, 7) is 2.15. The van der Waals surface area contributed by atoms with E-state index in [0.717, 1.165) is 12.8 Å². The van der Waals surface area contributed by atoms with Crippen molar-refractivity contribution in [3.63, 3.8) is 0 Å². The van der Waals surface area contributed by atoms with Crippen LogP contribution in [0, 0.1) is 5.82 Å². The minimum Gasteiger partial charge on any atom is -0.336 e. The summed E-state index contributed by atoms with van der Waals surface area (Å²) in [6.07, 6.45) is 1.77. The summed E-state index contributed by atoms with van der Waals surface area (Å²) in [7, 11) is 0. The SMILES string of the molecule is C[C@@H](CCc1ccccc1)NC(=O)NCc1ccccc1F. The van der Waals surface area contributed by atoms with Crippen LogP contribution < -0.4 is 10.6 Å². The summed E-state index contributed by atoms with van der Waals surface area (Å²) < 4.78 is 13.4. The Balaban J connectivity index is 1.71. The molecule has 0 fully saturated rings. The third-order valence-corrected chi connectivity index (χ3v) is 3.48. The topological polar surface area (TPSA) is 41.1 Å². The predicted molar refractivity (Wildman–Crippen MR) is 86.0 cm³/mol. The van der Waals surface area contributed by atoms with E-state index in [2.05, 4.69) is 22.8 Å². The maximum Gasteiger partial charge on any atom is 0.315 e. The van der Waals surface area contributed by atoms with Gasteiger partial charge >= 0.3 is 6.03 Å². The summed E-state index contributed by atoms with van der Waals surface area (Å²) in [4.78, 5) is 11.8. The number of carbonyl (C=O) groups excluding carboxylic acids is 1. The monoisotopic (exact) mass is 300 g/mol. The first-order chi connectivity index (χ1) is 10.6. The van der Waals surface area contributed by atoms with Gasteiger partial charge in [0.1, 0.15) is 5.82 Å². The molecule has 0 aliphatic heterocycles. The highest BCUT2D eigenvalue weighted by atomic mass is 19.1. The molecule has 0 bridgehead atoms. The van der Waals surface area contributed by atoms with Crippen LogP contribution in [0.4, 0.5) is 9.18 Å². The summed E-state index contributed by atoms with van der Waals surface area (Å²) >= 11 is 0. The second-order valence-electron chi connectivity index (χ2n) is 5.34. The van der Waals surface area contributed by atoms with Crippen molar-refractivity contribution in [3.8, 4) is 0 Å². The minimum absolute atomic E-state index is 0.0563. The van der Waals surface area contributed by atoms with Gasteiger partial charge in [-0.25, -0.2) is 9.18 Å². The fourth-order valence-electron chi connectivity index (χ4n) is 2.19. The van der Waals surface area contributed by atoms with Crippen molar-refractivity contribution < 1.29 is 9.18 Å². The van der Waals surface area contributed by atoms with E-state index in [4.69, 9.17) is 0 Å². The fraction of sp³-hybridized carbons (Fsp3) is 0.278. The zero-order chi connectivity index (χ0) is 15.8. The van der Waals surface area contributed by atoms with E-state index in [9.17, 15) is 9.18 Å². The molecule has 0 saturated carbocycles. The lowest BCUT2D eigenvalue weighted by Crippen LogP contribution is -2.40. The van der Waals surface area contributed by atoms with Crippen molar-refractivity contribution >= 4 is 6.03 Å². The first kappa shape index (κ1) is 16.0. The number of aryl methyl sites for hydroxylation is 1. The molecule has 0 heterocycles. The number of amides is 2. The number of halogens is 1. The molecule has 2 rings (SSSR count). The van der Waals surface area contributed by atoms with Gasteiger partial charge in [-0.3, -0.25) is 0 Å². The number of urea groups is 1. The number of hydrogen-bond acceptors (Lipinski definition) is 1. The largest absolute Gasteiger partial charge is 0.336 e. The molecule has 0 radical (unpaired) electrons. The van der Waals surface area contributed by atoms with E-state index >= 15 is 0 Å². The van der Waals surface area contributed by atoms with Gasteiger partial charge in [0.05, 0.1) is 0 Å². The Labute approximate surface area is 130 Å². The number of carbonyl (C=O) groups is 1. The zero-order valence-electron chi connectivity index (χ0n) is 12.7. The van der Waals surface area contributed by atoms with Gasteiger partial charge in [-0.05, 0) is 31.4 Å². The van der Waals surface area contributed by atoms with E-state index < -0.39 is 0 Å². The van der Waals surface area contributed by atoms with Gasteiger partial charge < -0.3 is 10.6 Å². The van der Waals surface area contributed by atoms with Crippen LogP contribution in [-0.2, 0) is 13.0 Å². The molecule has 2 N–H and O–H groups in total. The molecule has 2 aromatic rings. The maximum absolute atomic E-state index is 13.4. The Hall–Kier alpha value is -2.36. The molecule has 0 unspecified atom stereocenters. The average Bonchev–Trinajstić information content (AvgIpc) is 2.53. The Morgan fingerprint density at radius 1 is 1.09 bits per heavy atom. The van der Waals surface area contributed by atoms with Gasteiger partial charge in [0.25, 0.3) is 0 Å². The molecule has 22 heavy (non-hydrogen) atoms. The van der Waals surface area contributed by atoms with E-state index in [1.807, 2.05) is 25.1 Å². The van der Waals surface area contributed by atoms with Crippen LogP contribution in [0.2, 0.25) is 0 Å². The molecule has 3 nitrogen and oxygen atoms in total. The van der Waals surface area contributed by atoms with Gasteiger partial charge in [-0.1, -0.05) is 48.5 Å². The third kappa shape index (κ3) is 5.20. The summed E-state index contributed by atoms with van der Waals surface area (Å²) in [5.74, 6) is -0.306. The molecule has 0 aliphatic carbocycles. The second-order valence-corrected chi connectivity index (χ2v) is 5.34. The van der Waals surface area contributed by atoms with Crippen molar-refractivity contribution in [2.24, 2.45) is 0 Å². The predicted octanol–water partition coefficient (Wildman–Crippen LogP) is 3.65. The van der Waals surface area contributed by atoms with Gasteiger partial charge in [0.2, 0.25) is 0 Å².